The van der Waals surface area contributed by atoms with E-state index in [0.717, 1.165) is 44.0 Å². The standard InChI is InChI=1S/C18H24N4O3/c1-13-5-6-15(18(23)24)17(20-13)22-8-3-4-14(12-22)16-19-7-9-21(16)10-11-25-2/h5-7,9,14H,3-4,8,10-12H2,1-2H3,(H,23,24). The lowest BCUT2D eigenvalue weighted by Crippen LogP contribution is -2.37. The maximum absolute atomic E-state index is 11.6. The minimum absolute atomic E-state index is 0.254. The second kappa shape index (κ2) is 7.65. The lowest BCUT2D eigenvalue weighted by molar-refractivity contribution is 0.0697. The van der Waals surface area contributed by atoms with Gasteiger partial charge in [0.1, 0.15) is 17.2 Å². The zero-order valence-corrected chi connectivity index (χ0v) is 14.7. The summed E-state index contributed by atoms with van der Waals surface area (Å²) in [4.78, 5) is 22.7. The van der Waals surface area contributed by atoms with Gasteiger partial charge in [0, 0.05) is 50.7 Å². The minimum Gasteiger partial charge on any atom is -0.478 e. The Bertz CT molecular complexity index is 744. The molecular formula is C18H24N4O3. The van der Waals surface area contributed by atoms with Crippen molar-refractivity contribution in [1.29, 1.82) is 0 Å². The molecule has 0 aromatic carbocycles. The van der Waals surface area contributed by atoms with E-state index in [1.807, 2.05) is 19.3 Å². The third kappa shape index (κ3) is 3.82. The van der Waals surface area contributed by atoms with Crippen LogP contribution < -0.4 is 4.90 Å². The minimum atomic E-state index is -0.939. The summed E-state index contributed by atoms with van der Waals surface area (Å²) >= 11 is 0. The van der Waals surface area contributed by atoms with Crippen LogP contribution in [0.1, 0.15) is 40.6 Å². The number of hydrogen-bond donors (Lipinski definition) is 1. The van der Waals surface area contributed by atoms with Crippen LogP contribution in [-0.4, -0.2) is 52.4 Å². The number of carboxylic acid groups (broad SMARTS) is 1. The van der Waals surface area contributed by atoms with Gasteiger partial charge < -0.3 is 19.3 Å². The molecule has 1 atom stereocenters. The van der Waals surface area contributed by atoms with Gasteiger partial charge in [0.25, 0.3) is 0 Å². The quantitative estimate of drug-likeness (QED) is 0.866. The Labute approximate surface area is 147 Å². The molecule has 2 aromatic rings. The molecule has 1 saturated heterocycles. The Hall–Kier alpha value is -2.41. The van der Waals surface area contributed by atoms with Crippen molar-refractivity contribution < 1.29 is 14.6 Å². The zero-order chi connectivity index (χ0) is 17.8. The molecule has 3 heterocycles. The van der Waals surface area contributed by atoms with Crippen molar-refractivity contribution in [3.63, 3.8) is 0 Å². The van der Waals surface area contributed by atoms with E-state index in [1.54, 1.807) is 19.2 Å². The number of aromatic nitrogens is 3. The van der Waals surface area contributed by atoms with Gasteiger partial charge in [0.15, 0.2) is 0 Å². The average molecular weight is 344 g/mol. The van der Waals surface area contributed by atoms with E-state index in [4.69, 9.17) is 4.74 Å². The van der Waals surface area contributed by atoms with Gasteiger partial charge in [-0.1, -0.05) is 0 Å². The van der Waals surface area contributed by atoms with E-state index in [-0.39, 0.29) is 11.5 Å². The van der Waals surface area contributed by atoms with Gasteiger partial charge in [-0.25, -0.2) is 14.8 Å². The summed E-state index contributed by atoms with van der Waals surface area (Å²) < 4.78 is 7.29. The first kappa shape index (κ1) is 17.4. The van der Waals surface area contributed by atoms with Gasteiger partial charge >= 0.3 is 5.97 Å². The van der Waals surface area contributed by atoms with E-state index in [9.17, 15) is 9.90 Å². The Kier molecular flexibility index (Phi) is 5.33. The predicted octanol–water partition coefficient (Wildman–Crippen LogP) is 2.32. The normalized spacial score (nSPS) is 17.7. The first-order valence-electron chi connectivity index (χ1n) is 8.56. The number of hydrogen-bond acceptors (Lipinski definition) is 5. The van der Waals surface area contributed by atoms with Crippen LogP contribution >= 0.6 is 0 Å². The Balaban J connectivity index is 1.84. The first-order valence-corrected chi connectivity index (χ1v) is 8.56. The second-order valence-corrected chi connectivity index (χ2v) is 6.39. The fourth-order valence-corrected chi connectivity index (χ4v) is 3.39. The van der Waals surface area contributed by atoms with Crippen LogP contribution in [0.3, 0.4) is 0 Å². The molecule has 7 heteroatoms. The van der Waals surface area contributed by atoms with E-state index >= 15 is 0 Å². The predicted molar refractivity (Wildman–Crippen MR) is 94.2 cm³/mol. The molecule has 0 spiro atoms. The number of rotatable bonds is 6. The van der Waals surface area contributed by atoms with Gasteiger partial charge in [-0.2, -0.15) is 0 Å². The number of piperidine rings is 1. The van der Waals surface area contributed by atoms with Gasteiger partial charge in [-0.15, -0.1) is 0 Å². The molecule has 1 aliphatic heterocycles. The summed E-state index contributed by atoms with van der Waals surface area (Å²) in [5, 5.41) is 9.48. The fourth-order valence-electron chi connectivity index (χ4n) is 3.39. The van der Waals surface area contributed by atoms with Crippen LogP contribution in [0, 0.1) is 6.92 Å². The molecule has 0 amide bonds. The number of aryl methyl sites for hydroxylation is 1. The van der Waals surface area contributed by atoms with Crippen molar-refractivity contribution in [2.24, 2.45) is 0 Å². The summed E-state index contributed by atoms with van der Waals surface area (Å²) in [5.41, 5.74) is 1.08. The van der Waals surface area contributed by atoms with E-state index in [2.05, 4.69) is 19.4 Å². The number of methoxy groups -OCH3 is 1. The smallest absolute Gasteiger partial charge is 0.339 e. The third-order valence-corrected chi connectivity index (χ3v) is 4.61. The van der Waals surface area contributed by atoms with Crippen LogP contribution in [0.4, 0.5) is 5.82 Å². The van der Waals surface area contributed by atoms with Gasteiger partial charge in [-0.05, 0) is 31.9 Å². The summed E-state index contributed by atoms with van der Waals surface area (Å²) in [7, 11) is 1.69. The molecule has 0 saturated carbocycles. The maximum Gasteiger partial charge on any atom is 0.339 e. The highest BCUT2D eigenvalue weighted by molar-refractivity contribution is 5.93. The number of imidazole rings is 1. The van der Waals surface area contributed by atoms with Crippen molar-refractivity contribution >= 4 is 11.8 Å². The van der Waals surface area contributed by atoms with Gasteiger partial charge in [0.05, 0.1) is 6.61 Å². The molecule has 0 bridgehead atoms. The Morgan fingerprint density at radius 2 is 2.28 bits per heavy atom. The Morgan fingerprint density at radius 1 is 1.44 bits per heavy atom. The van der Waals surface area contributed by atoms with Crippen molar-refractivity contribution in [2.45, 2.75) is 32.2 Å². The van der Waals surface area contributed by atoms with E-state index in [0.29, 0.717) is 12.4 Å². The van der Waals surface area contributed by atoms with Crippen LogP contribution in [0.5, 0.6) is 0 Å². The molecule has 25 heavy (non-hydrogen) atoms. The number of nitrogens with zero attached hydrogens (tertiary/aromatic N) is 4. The van der Waals surface area contributed by atoms with Crippen molar-refractivity contribution in [3.05, 3.63) is 41.6 Å². The zero-order valence-electron chi connectivity index (χ0n) is 14.7. The molecule has 134 valence electrons. The number of pyridine rings is 1. The van der Waals surface area contributed by atoms with E-state index < -0.39 is 5.97 Å². The highest BCUT2D eigenvalue weighted by atomic mass is 16.5. The fraction of sp³-hybridized carbons (Fsp3) is 0.500. The highest BCUT2D eigenvalue weighted by Crippen LogP contribution is 2.30. The summed E-state index contributed by atoms with van der Waals surface area (Å²) in [6.07, 6.45) is 5.81. The number of carboxylic acids is 1. The number of anilines is 1. The van der Waals surface area contributed by atoms with Crippen molar-refractivity contribution in [3.8, 4) is 0 Å². The SMILES string of the molecule is COCCn1ccnc1C1CCCN(c2nc(C)ccc2C(=O)O)C1. The topological polar surface area (TPSA) is 80.5 Å². The number of aromatic carboxylic acids is 1. The van der Waals surface area contributed by atoms with Crippen molar-refractivity contribution in [2.75, 3.05) is 31.7 Å². The first-order chi connectivity index (χ1) is 12.1. The van der Waals surface area contributed by atoms with Crippen LogP contribution in [0.15, 0.2) is 24.5 Å². The largest absolute Gasteiger partial charge is 0.478 e. The summed E-state index contributed by atoms with van der Waals surface area (Å²) in [6, 6.07) is 3.38. The maximum atomic E-state index is 11.6. The Morgan fingerprint density at radius 3 is 3.04 bits per heavy atom. The van der Waals surface area contributed by atoms with Crippen LogP contribution in [-0.2, 0) is 11.3 Å². The molecule has 0 radical (unpaired) electrons. The summed E-state index contributed by atoms with van der Waals surface area (Å²) in [6.45, 7) is 4.83. The van der Waals surface area contributed by atoms with Crippen LogP contribution in [0.25, 0.3) is 0 Å². The second-order valence-electron chi connectivity index (χ2n) is 6.39. The van der Waals surface area contributed by atoms with Gasteiger partial charge in [-0.3, -0.25) is 0 Å². The van der Waals surface area contributed by atoms with Gasteiger partial charge in [0.2, 0.25) is 0 Å². The molecule has 3 rings (SSSR count). The van der Waals surface area contributed by atoms with E-state index in [1.165, 1.54) is 0 Å². The molecule has 2 aromatic heterocycles. The molecule has 1 N–H and O–H groups in total. The molecule has 1 unspecified atom stereocenters. The number of ether oxygens (including phenoxy) is 1. The molecule has 0 aliphatic carbocycles. The molecule has 7 nitrogen and oxygen atoms in total. The monoisotopic (exact) mass is 344 g/mol. The number of carbonyl (C=O) groups is 1. The van der Waals surface area contributed by atoms with Crippen molar-refractivity contribution in [1.82, 2.24) is 14.5 Å². The molecular weight excluding hydrogens is 320 g/mol. The molecule has 1 aliphatic rings. The molecule has 1 fully saturated rings. The summed E-state index contributed by atoms with van der Waals surface area (Å²) in [5.74, 6) is 0.911. The average Bonchev–Trinajstić information content (AvgIpc) is 3.08. The highest BCUT2D eigenvalue weighted by Gasteiger charge is 2.28. The lowest BCUT2D eigenvalue weighted by Gasteiger charge is -2.34. The lowest BCUT2D eigenvalue weighted by atomic mass is 9.96. The third-order valence-electron chi connectivity index (χ3n) is 4.61. The van der Waals surface area contributed by atoms with Crippen LogP contribution in [0.2, 0.25) is 0 Å².